The molecule has 0 aromatic heterocycles. The first-order chi connectivity index (χ1) is 11.1. The van der Waals surface area contributed by atoms with Crippen molar-refractivity contribution in [3.8, 4) is 11.8 Å². The Morgan fingerprint density at radius 3 is 2.74 bits per heavy atom. The predicted octanol–water partition coefficient (Wildman–Crippen LogP) is 3.16. The molecule has 5 nitrogen and oxygen atoms in total. The van der Waals surface area contributed by atoms with E-state index in [1.807, 2.05) is 25.1 Å². The first-order valence-electron chi connectivity index (χ1n) is 6.79. The first kappa shape index (κ1) is 16.7. The van der Waals surface area contributed by atoms with Crippen LogP contribution in [0.4, 0.5) is 0 Å². The second-order valence-corrected chi connectivity index (χ2v) is 5.64. The molecule has 0 saturated heterocycles. The number of carbonyl (C=O) groups is 1. The zero-order chi connectivity index (χ0) is 16.7. The number of hydrazone groups is 1. The van der Waals surface area contributed by atoms with E-state index in [-0.39, 0.29) is 12.5 Å². The molecule has 0 aliphatic carbocycles. The number of nitrogens with zero attached hydrogens (tertiary/aromatic N) is 2. The lowest BCUT2D eigenvalue weighted by Crippen LogP contribution is -2.24. The van der Waals surface area contributed by atoms with E-state index in [2.05, 4.69) is 26.5 Å². The minimum absolute atomic E-state index is 0.118. The lowest BCUT2D eigenvalue weighted by atomic mass is 10.2. The Kier molecular flexibility index (Phi) is 5.89. The molecule has 0 aliphatic heterocycles. The van der Waals surface area contributed by atoms with Gasteiger partial charge >= 0.3 is 0 Å². The number of rotatable bonds is 5. The monoisotopic (exact) mass is 371 g/mol. The summed E-state index contributed by atoms with van der Waals surface area (Å²) in [5.41, 5.74) is 4.69. The molecule has 2 rings (SSSR count). The smallest absolute Gasteiger partial charge is 0.277 e. The molecule has 116 valence electrons. The Morgan fingerprint density at radius 2 is 2.09 bits per heavy atom. The number of halogens is 1. The number of nitriles is 1. The second kappa shape index (κ2) is 8.11. The fourth-order valence-electron chi connectivity index (χ4n) is 1.77. The summed E-state index contributed by atoms with van der Waals surface area (Å²) >= 11 is 3.37. The van der Waals surface area contributed by atoms with E-state index in [1.165, 1.54) is 6.21 Å². The Bertz CT molecular complexity index is 764. The molecule has 0 fully saturated rings. The van der Waals surface area contributed by atoms with Crippen LogP contribution in [0.25, 0.3) is 0 Å². The number of carbonyl (C=O) groups excluding carboxylic acids is 1. The molecule has 0 aliphatic rings. The third-order valence-corrected chi connectivity index (χ3v) is 3.43. The van der Waals surface area contributed by atoms with E-state index < -0.39 is 0 Å². The zero-order valence-corrected chi connectivity index (χ0v) is 14.0. The summed E-state index contributed by atoms with van der Waals surface area (Å²) in [6.07, 6.45) is 1.50. The van der Waals surface area contributed by atoms with Gasteiger partial charge in [0.2, 0.25) is 0 Å². The van der Waals surface area contributed by atoms with Crippen molar-refractivity contribution in [2.45, 2.75) is 6.92 Å². The lowest BCUT2D eigenvalue weighted by Gasteiger charge is -2.08. The number of hydrogen-bond acceptors (Lipinski definition) is 4. The summed E-state index contributed by atoms with van der Waals surface area (Å²) in [5, 5.41) is 12.6. The summed E-state index contributed by atoms with van der Waals surface area (Å²) in [7, 11) is 0. The normalized spacial score (nSPS) is 10.3. The lowest BCUT2D eigenvalue weighted by molar-refractivity contribution is -0.123. The number of ether oxygens (including phenoxy) is 1. The summed E-state index contributed by atoms with van der Waals surface area (Å²) < 4.78 is 6.40. The fourth-order valence-corrected chi connectivity index (χ4v) is 2.25. The molecule has 1 amide bonds. The molecule has 0 saturated carbocycles. The van der Waals surface area contributed by atoms with Gasteiger partial charge in [-0.1, -0.05) is 28.1 Å². The molecule has 2 aromatic carbocycles. The van der Waals surface area contributed by atoms with Gasteiger partial charge in [0.25, 0.3) is 5.91 Å². The number of hydrogen-bond donors (Lipinski definition) is 1. The van der Waals surface area contributed by atoms with Crippen LogP contribution in [0, 0.1) is 18.3 Å². The average Bonchev–Trinajstić information content (AvgIpc) is 2.54. The quantitative estimate of drug-likeness (QED) is 0.647. The summed E-state index contributed by atoms with van der Waals surface area (Å²) in [4.78, 5) is 11.7. The molecule has 1 N–H and O–H groups in total. The van der Waals surface area contributed by atoms with Gasteiger partial charge in [-0.15, -0.1) is 0 Å². The third kappa shape index (κ3) is 5.24. The number of aryl methyl sites for hydroxylation is 1. The van der Waals surface area contributed by atoms with Gasteiger partial charge in [-0.05, 0) is 48.4 Å². The second-order valence-electron chi connectivity index (χ2n) is 4.73. The molecule has 0 spiro atoms. The van der Waals surface area contributed by atoms with Gasteiger partial charge in [0, 0.05) is 4.47 Å². The highest BCUT2D eigenvalue weighted by Gasteiger charge is 2.04. The minimum atomic E-state index is -0.350. The summed E-state index contributed by atoms with van der Waals surface area (Å²) in [6, 6.07) is 14.5. The van der Waals surface area contributed by atoms with Gasteiger partial charge in [0.1, 0.15) is 5.75 Å². The molecular formula is C17H14BrN3O2. The highest BCUT2D eigenvalue weighted by Crippen LogP contribution is 2.21. The van der Waals surface area contributed by atoms with Gasteiger partial charge < -0.3 is 4.74 Å². The van der Waals surface area contributed by atoms with E-state index in [4.69, 9.17) is 10.00 Å². The van der Waals surface area contributed by atoms with E-state index in [0.29, 0.717) is 11.3 Å². The molecular weight excluding hydrogens is 358 g/mol. The molecule has 0 bridgehead atoms. The van der Waals surface area contributed by atoms with Gasteiger partial charge in [0.05, 0.1) is 17.8 Å². The van der Waals surface area contributed by atoms with Crippen molar-refractivity contribution < 1.29 is 9.53 Å². The van der Waals surface area contributed by atoms with Crippen LogP contribution in [0.15, 0.2) is 52.0 Å². The molecule has 23 heavy (non-hydrogen) atoms. The minimum Gasteiger partial charge on any atom is -0.483 e. The van der Waals surface area contributed by atoms with Gasteiger partial charge in [0.15, 0.2) is 6.61 Å². The van der Waals surface area contributed by atoms with E-state index in [1.54, 1.807) is 30.3 Å². The van der Waals surface area contributed by atoms with Crippen molar-refractivity contribution in [3.05, 3.63) is 63.6 Å². The van der Waals surface area contributed by atoms with Crippen LogP contribution in [-0.4, -0.2) is 18.7 Å². The van der Waals surface area contributed by atoms with Crippen molar-refractivity contribution in [1.29, 1.82) is 5.26 Å². The first-order valence-corrected chi connectivity index (χ1v) is 7.59. The van der Waals surface area contributed by atoms with Crippen molar-refractivity contribution in [2.75, 3.05) is 6.61 Å². The molecule has 0 unspecified atom stereocenters. The van der Waals surface area contributed by atoms with Crippen molar-refractivity contribution in [3.63, 3.8) is 0 Å². The van der Waals surface area contributed by atoms with Crippen LogP contribution < -0.4 is 10.2 Å². The van der Waals surface area contributed by atoms with Crippen LogP contribution in [0.1, 0.15) is 16.7 Å². The van der Waals surface area contributed by atoms with Gasteiger partial charge in [-0.25, -0.2) is 5.43 Å². The van der Waals surface area contributed by atoms with Crippen LogP contribution >= 0.6 is 15.9 Å². The van der Waals surface area contributed by atoms with Crippen LogP contribution in [0.2, 0.25) is 0 Å². The summed E-state index contributed by atoms with van der Waals surface area (Å²) in [6.45, 7) is 1.79. The Morgan fingerprint density at radius 1 is 1.35 bits per heavy atom. The standard InChI is InChI=1S/C17H14BrN3O2/c1-12-8-15(18)6-7-16(12)23-11-17(22)21-20-10-14-4-2-13(9-19)3-5-14/h2-8,10H,11H2,1H3,(H,21,22)/b20-10+. The van der Waals surface area contributed by atoms with E-state index in [9.17, 15) is 4.79 Å². The molecule has 2 aromatic rings. The zero-order valence-electron chi connectivity index (χ0n) is 12.4. The molecule has 0 heterocycles. The maximum atomic E-state index is 11.7. The molecule has 0 radical (unpaired) electrons. The largest absolute Gasteiger partial charge is 0.483 e. The maximum absolute atomic E-state index is 11.7. The number of benzene rings is 2. The predicted molar refractivity (Wildman–Crippen MR) is 91.3 cm³/mol. The topological polar surface area (TPSA) is 74.5 Å². The average molecular weight is 372 g/mol. The van der Waals surface area contributed by atoms with E-state index >= 15 is 0 Å². The maximum Gasteiger partial charge on any atom is 0.277 e. The number of nitrogens with one attached hydrogen (secondary N) is 1. The van der Waals surface area contributed by atoms with Crippen molar-refractivity contribution in [2.24, 2.45) is 5.10 Å². The number of amides is 1. The molecule has 0 atom stereocenters. The van der Waals surface area contributed by atoms with E-state index in [0.717, 1.165) is 15.6 Å². The SMILES string of the molecule is Cc1cc(Br)ccc1OCC(=O)N/N=C/c1ccc(C#N)cc1. The highest BCUT2D eigenvalue weighted by molar-refractivity contribution is 9.10. The van der Waals surface area contributed by atoms with Crippen molar-refractivity contribution >= 4 is 28.1 Å². The van der Waals surface area contributed by atoms with Gasteiger partial charge in [-0.2, -0.15) is 10.4 Å². The summed E-state index contributed by atoms with van der Waals surface area (Å²) in [5.74, 6) is 0.302. The highest BCUT2D eigenvalue weighted by atomic mass is 79.9. The van der Waals surface area contributed by atoms with Crippen LogP contribution in [0.3, 0.4) is 0 Å². The van der Waals surface area contributed by atoms with Crippen LogP contribution in [0.5, 0.6) is 5.75 Å². The Hall–Kier alpha value is -2.65. The molecule has 6 heteroatoms. The third-order valence-electron chi connectivity index (χ3n) is 2.94. The Balaban J connectivity index is 1.82. The Labute approximate surface area is 142 Å². The van der Waals surface area contributed by atoms with Crippen molar-refractivity contribution in [1.82, 2.24) is 5.43 Å². The van der Waals surface area contributed by atoms with Gasteiger partial charge in [-0.3, -0.25) is 4.79 Å². The van der Waals surface area contributed by atoms with Crippen LogP contribution in [-0.2, 0) is 4.79 Å². The fraction of sp³-hybridized carbons (Fsp3) is 0.118.